The van der Waals surface area contributed by atoms with E-state index in [2.05, 4.69) is 43.8 Å². The van der Waals surface area contributed by atoms with Crippen LogP contribution in [-0.4, -0.2) is 37.7 Å². The minimum absolute atomic E-state index is 0. The minimum Gasteiger partial charge on any atom is -1.00 e. The van der Waals surface area contributed by atoms with Crippen molar-refractivity contribution in [3.63, 3.8) is 0 Å². The van der Waals surface area contributed by atoms with Gasteiger partial charge in [-0.1, -0.05) is 57.6 Å². The number of hydrogen-bond donors (Lipinski definition) is 1. The van der Waals surface area contributed by atoms with Crippen molar-refractivity contribution in [3.05, 3.63) is 29.8 Å². The van der Waals surface area contributed by atoms with Crippen LogP contribution in [0, 0.1) is 0 Å². The Kier molecular flexibility index (Phi) is 12.5. The Balaban J connectivity index is -0.000000853. The molecule has 0 bridgehead atoms. The Bertz CT molecular complexity index is 278. The molecule has 0 aliphatic rings. The van der Waals surface area contributed by atoms with Crippen LogP contribution in [-0.2, 0) is 6.42 Å². The minimum atomic E-state index is 0. The smallest absolute Gasteiger partial charge is 1.00 e. The van der Waals surface area contributed by atoms with Crippen molar-refractivity contribution in [3.8, 4) is 0 Å². The summed E-state index contributed by atoms with van der Waals surface area (Å²) in [4.78, 5) is 1.06. The maximum Gasteiger partial charge on any atom is 2.00 e. The largest absolute Gasteiger partial charge is 2.00 e. The Morgan fingerprint density at radius 2 is 1.41 bits per heavy atom. The molecule has 0 amide bonds. The van der Waals surface area contributed by atoms with Crippen LogP contribution >= 0.6 is 12.6 Å². The monoisotopic (exact) mass is 278 g/mol. The SMILES string of the molecule is CCCCCCCCCc1ccc(S)cc1.[Ca+2].[H-].[H-]. The molecule has 0 nitrogen and oxygen atoms in total. The third kappa shape index (κ3) is 9.41. The molecule has 0 radical (unpaired) electrons. The predicted molar refractivity (Wildman–Crippen MR) is 83.4 cm³/mol. The number of benzene rings is 1. The zero-order valence-corrected chi connectivity index (χ0v) is 14.2. The van der Waals surface area contributed by atoms with E-state index >= 15 is 0 Å². The molecule has 0 N–H and O–H groups in total. The summed E-state index contributed by atoms with van der Waals surface area (Å²) in [6, 6.07) is 8.55. The number of thiol groups is 1. The molecule has 0 aliphatic carbocycles. The first kappa shape index (κ1) is 17.8. The molecule has 1 aromatic rings. The van der Waals surface area contributed by atoms with E-state index in [1.807, 2.05) is 0 Å². The standard InChI is InChI=1S/C15H24S.Ca.2H/c1-2-3-4-5-6-7-8-9-14-10-12-15(16)13-11-14;;;/h10-13,16H,2-9H2,1H3;;;/q;+2;2*-1. The second-order valence-electron chi connectivity index (χ2n) is 4.54. The molecular formula is C15H26CaS. The van der Waals surface area contributed by atoms with Crippen molar-refractivity contribution >= 4 is 50.4 Å². The summed E-state index contributed by atoms with van der Waals surface area (Å²) >= 11 is 4.29. The zero-order valence-electron chi connectivity index (χ0n) is 13.1. The molecule has 2 heteroatoms. The Hall–Kier alpha value is 0.830. The molecule has 0 saturated carbocycles. The molecule has 17 heavy (non-hydrogen) atoms. The van der Waals surface area contributed by atoms with Gasteiger partial charge in [-0.25, -0.2) is 0 Å². The van der Waals surface area contributed by atoms with Crippen LogP contribution < -0.4 is 0 Å². The van der Waals surface area contributed by atoms with Gasteiger partial charge in [-0.3, -0.25) is 0 Å². The Morgan fingerprint density at radius 3 is 2.00 bits per heavy atom. The van der Waals surface area contributed by atoms with Gasteiger partial charge in [0.05, 0.1) is 0 Å². The number of unbranched alkanes of at least 4 members (excludes halogenated alkanes) is 6. The topological polar surface area (TPSA) is 0 Å². The molecule has 0 atom stereocenters. The molecule has 0 aromatic heterocycles. The van der Waals surface area contributed by atoms with E-state index in [-0.39, 0.29) is 40.6 Å². The average molecular weight is 279 g/mol. The van der Waals surface area contributed by atoms with E-state index in [0.717, 1.165) is 4.90 Å². The van der Waals surface area contributed by atoms with Crippen LogP contribution in [0.4, 0.5) is 0 Å². The van der Waals surface area contributed by atoms with Gasteiger partial charge >= 0.3 is 37.7 Å². The first-order valence-electron chi connectivity index (χ1n) is 6.61. The van der Waals surface area contributed by atoms with Gasteiger partial charge in [0.2, 0.25) is 0 Å². The molecule has 0 aliphatic heterocycles. The first-order chi connectivity index (χ1) is 7.83. The van der Waals surface area contributed by atoms with Gasteiger partial charge in [0.1, 0.15) is 0 Å². The van der Waals surface area contributed by atoms with E-state index in [1.165, 1.54) is 56.9 Å². The van der Waals surface area contributed by atoms with Crippen molar-refractivity contribution in [2.24, 2.45) is 0 Å². The number of hydrogen-bond acceptors (Lipinski definition) is 1. The van der Waals surface area contributed by atoms with Crippen LogP contribution in [0.25, 0.3) is 0 Å². The van der Waals surface area contributed by atoms with Gasteiger partial charge < -0.3 is 2.85 Å². The molecule has 0 saturated heterocycles. The summed E-state index contributed by atoms with van der Waals surface area (Å²) < 4.78 is 0. The molecule has 0 unspecified atom stereocenters. The summed E-state index contributed by atoms with van der Waals surface area (Å²) in [6.07, 6.45) is 10.9. The van der Waals surface area contributed by atoms with E-state index in [1.54, 1.807) is 0 Å². The fourth-order valence-corrected chi connectivity index (χ4v) is 2.10. The summed E-state index contributed by atoms with van der Waals surface area (Å²) in [5, 5.41) is 0. The second-order valence-corrected chi connectivity index (χ2v) is 5.05. The first-order valence-corrected chi connectivity index (χ1v) is 7.05. The molecule has 0 fully saturated rings. The summed E-state index contributed by atoms with van der Waals surface area (Å²) in [6.45, 7) is 2.27. The average Bonchev–Trinajstić information content (AvgIpc) is 2.30. The van der Waals surface area contributed by atoms with Gasteiger partial charge in [0.15, 0.2) is 0 Å². The Labute approximate surface area is 145 Å². The van der Waals surface area contributed by atoms with Gasteiger partial charge in [-0.15, -0.1) is 12.6 Å². The van der Waals surface area contributed by atoms with Crippen LogP contribution in [0.2, 0.25) is 0 Å². The fourth-order valence-electron chi connectivity index (χ4n) is 1.95. The normalized spacial score (nSPS) is 10.0. The second kappa shape index (κ2) is 11.9. The van der Waals surface area contributed by atoms with Crippen LogP contribution in [0.15, 0.2) is 29.2 Å². The quantitative estimate of drug-likeness (QED) is 0.381. The van der Waals surface area contributed by atoms with E-state index in [0.29, 0.717) is 0 Å². The molecular weight excluding hydrogens is 252 g/mol. The maximum atomic E-state index is 4.29. The van der Waals surface area contributed by atoms with E-state index in [4.69, 9.17) is 0 Å². The number of rotatable bonds is 8. The van der Waals surface area contributed by atoms with Crippen LogP contribution in [0.5, 0.6) is 0 Å². The predicted octanol–water partition coefficient (Wildman–Crippen LogP) is 5.11. The van der Waals surface area contributed by atoms with E-state index in [9.17, 15) is 0 Å². The van der Waals surface area contributed by atoms with Gasteiger partial charge in [0.25, 0.3) is 0 Å². The van der Waals surface area contributed by atoms with Gasteiger partial charge in [0, 0.05) is 4.90 Å². The van der Waals surface area contributed by atoms with Crippen molar-refractivity contribution in [1.82, 2.24) is 0 Å². The van der Waals surface area contributed by atoms with Crippen molar-refractivity contribution < 1.29 is 2.85 Å². The molecule has 94 valence electrons. The summed E-state index contributed by atoms with van der Waals surface area (Å²) in [5.74, 6) is 0. The number of aryl methyl sites for hydroxylation is 1. The third-order valence-electron chi connectivity index (χ3n) is 3.01. The zero-order chi connectivity index (χ0) is 11.6. The van der Waals surface area contributed by atoms with Crippen molar-refractivity contribution in [2.75, 3.05) is 0 Å². The van der Waals surface area contributed by atoms with Crippen molar-refractivity contribution in [2.45, 2.75) is 63.2 Å². The molecule has 0 heterocycles. The van der Waals surface area contributed by atoms with E-state index < -0.39 is 0 Å². The van der Waals surface area contributed by atoms with Crippen molar-refractivity contribution in [1.29, 1.82) is 0 Å². The maximum absolute atomic E-state index is 4.29. The van der Waals surface area contributed by atoms with Gasteiger partial charge in [-0.2, -0.15) is 0 Å². The van der Waals surface area contributed by atoms with Gasteiger partial charge in [-0.05, 0) is 30.5 Å². The fraction of sp³-hybridized carbons (Fsp3) is 0.600. The van der Waals surface area contributed by atoms with Crippen LogP contribution in [0.3, 0.4) is 0 Å². The molecule has 1 rings (SSSR count). The summed E-state index contributed by atoms with van der Waals surface area (Å²) in [7, 11) is 0. The van der Waals surface area contributed by atoms with Crippen LogP contribution in [0.1, 0.15) is 60.3 Å². The Morgan fingerprint density at radius 1 is 0.882 bits per heavy atom. The third-order valence-corrected chi connectivity index (χ3v) is 3.30. The summed E-state index contributed by atoms with van der Waals surface area (Å²) in [5.41, 5.74) is 1.45. The molecule has 1 aromatic carbocycles. The molecule has 0 spiro atoms.